The molecule has 2 amide bonds. The summed E-state index contributed by atoms with van der Waals surface area (Å²) in [4.78, 5) is 14.3. The van der Waals surface area contributed by atoms with Crippen LogP contribution in [0.2, 0.25) is 0 Å². The van der Waals surface area contributed by atoms with Crippen molar-refractivity contribution in [3.63, 3.8) is 0 Å². The molecule has 148 valence electrons. The van der Waals surface area contributed by atoms with Crippen LogP contribution in [0, 0.1) is 13.8 Å². The Morgan fingerprint density at radius 3 is 2.68 bits per heavy atom. The molecule has 2 aromatic rings. The third-order valence-corrected chi connectivity index (χ3v) is 5.67. The molecule has 1 aliphatic heterocycles. The van der Waals surface area contributed by atoms with Crippen molar-refractivity contribution in [3.8, 4) is 0 Å². The molecule has 1 aromatic heterocycles. The number of hydrogen-bond acceptors (Lipinski definition) is 3. The van der Waals surface area contributed by atoms with Gasteiger partial charge in [0.2, 0.25) is 0 Å². The maximum atomic E-state index is 12.4. The van der Waals surface area contributed by atoms with E-state index in [0.717, 1.165) is 18.7 Å². The molecule has 1 fully saturated rings. The second kappa shape index (κ2) is 8.19. The monoisotopic (exact) mass is 380 g/mol. The lowest BCUT2D eigenvalue weighted by Crippen LogP contribution is -2.48. The Balaban J connectivity index is 1.41. The fourth-order valence-corrected chi connectivity index (χ4v) is 4.19. The minimum Gasteiger partial charge on any atom is -0.378 e. The van der Waals surface area contributed by atoms with Crippen LogP contribution in [0.4, 0.5) is 4.79 Å². The molecule has 0 saturated carbocycles. The second-order valence-corrected chi connectivity index (χ2v) is 7.61. The number of amides is 2. The van der Waals surface area contributed by atoms with Gasteiger partial charge in [0.05, 0.1) is 25.5 Å². The Labute approximate surface area is 166 Å². The molecule has 1 aliphatic carbocycles. The number of urea groups is 1. The molecule has 0 spiro atoms. The van der Waals surface area contributed by atoms with Gasteiger partial charge in [0, 0.05) is 36.3 Å². The van der Waals surface area contributed by atoms with Gasteiger partial charge in [0.1, 0.15) is 0 Å². The van der Waals surface area contributed by atoms with E-state index < -0.39 is 0 Å². The van der Waals surface area contributed by atoms with E-state index in [1.807, 2.05) is 11.0 Å². The lowest BCUT2D eigenvalue weighted by atomic mass is 9.96. The van der Waals surface area contributed by atoms with Gasteiger partial charge in [-0.15, -0.1) is 0 Å². The highest BCUT2D eigenvalue weighted by atomic mass is 16.5. The summed E-state index contributed by atoms with van der Waals surface area (Å²) in [5.74, 6) is 0.291. The number of carbonyl (C=O) groups is 1. The first-order valence-electron chi connectivity index (χ1n) is 10.0. The Morgan fingerprint density at radius 1 is 1.18 bits per heavy atom. The van der Waals surface area contributed by atoms with Crippen molar-refractivity contribution >= 4 is 6.03 Å². The zero-order chi connectivity index (χ0) is 19.5. The molecule has 2 unspecified atom stereocenters. The van der Waals surface area contributed by atoms with Crippen molar-refractivity contribution in [3.05, 3.63) is 65.0 Å². The SMILES string of the molecule is Cc1nn(Cc2ccccc2)c(C)c1C1C=CC(NC(=O)N2CCOCC2)C1. The van der Waals surface area contributed by atoms with Crippen LogP contribution < -0.4 is 5.32 Å². The molecule has 2 aliphatic rings. The normalized spacial score (nSPS) is 21.9. The van der Waals surface area contributed by atoms with Crippen molar-refractivity contribution in [2.24, 2.45) is 0 Å². The largest absolute Gasteiger partial charge is 0.378 e. The third kappa shape index (κ3) is 3.97. The van der Waals surface area contributed by atoms with Crippen LogP contribution in [0.3, 0.4) is 0 Å². The molecule has 6 heteroatoms. The van der Waals surface area contributed by atoms with Crippen LogP contribution in [0.1, 0.15) is 34.9 Å². The first-order chi connectivity index (χ1) is 13.6. The molecule has 4 rings (SSSR count). The molecule has 1 aromatic carbocycles. The average Bonchev–Trinajstić information content (AvgIpc) is 3.27. The minimum absolute atomic E-state index is 0.00631. The van der Waals surface area contributed by atoms with Gasteiger partial charge < -0.3 is 15.0 Å². The van der Waals surface area contributed by atoms with Gasteiger partial charge in [0.25, 0.3) is 0 Å². The number of morpholine rings is 1. The van der Waals surface area contributed by atoms with Crippen LogP contribution in [-0.4, -0.2) is 53.1 Å². The fourth-order valence-electron chi connectivity index (χ4n) is 4.19. The number of rotatable bonds is 4. The second-order valence-electron chi connectivity index (χ2n) is 7.61. The summed E-state index contributed by atoms with van der Waals surface area (Å²) in [6.45, 7) is 7.57. The summed E-state index contributed by atoms with van der Waals surface area (Å²) in [5.41, 5.74) is 4.81. The number of ether oxygens (including phenoxy) is 1. The number of aryl methyl sites for hydroxylation is 1. The van der Waals surface area contributed by atoms with Crippen molar-refractivity contribution in [1.29, 1.82) is 0 Å². The molecular weight excluding hydrogens is 352 g/mol. The van der Waals surface area contributed by atoms with Crippen LogP contribution in [-0.2, 0) is 11.3 Å². The maximum Gasteiger partial charge on any atom is 0.318 e. The van der Waals surface area contributed by atoms with Crippen LogP contribution >= 0.6 is 0 Å². The number of nitrogens with zero attached hydrogens (tertiary/aromatic N) is 3. The van der Waals surface area contributed by atoms with E-state index >= 15 is 0 Å². The molecule has 6 nitrogen and oxygen atoms in total. The highest BCUT2D eigenvalue weighted by Crippen LogP contribution is 2.33. The van der Waals surface area contributed by atoms with Crippen LogP contribution in [0.25, 0.3) is 0 Å². The number of nitrogens with one attached hydrogen (secondary N) is 1. The number of carbonyl (C=O) groups excluding carboxylic acids is 1. The van der Waals surface area contributed by atoms with E-state index in [2.05, 4.69) is 60.3 Å². The fraction of sp³-hybridized carbons (Fsp3) is 0.455. The van der Waals surface area contributed by atoms with Crippen LogP contribution in [0.15, 0.2) is 42.5 Å². The topological polar surface area (TPSA) is 59.4 Å². The van der Waals surface area contributed by atoms with Crippen LogP contribution in [0.5, 0.6) is 0 Å². The molecule has 1 N–H and O–H groups in total. The van der Waals surface area contributed by atoms with E-state index in [4.69, 9.17) is 9.84 Å². The zero-order valence-electron chi connectivity index (χ0n) is 16.6. The summed E-state index contributed by atoms with van der Waals surface area (Å²) in [6, 6.07) is 10.5. The Morgan fingerprint density at radius 2 is 1.93 bits per heavy atom. The lowest BCUT2D eigenvalue weighted by Gasteiger charge is -2.28. The zero-order valence-corrected chi connectivity index (χ0v) is 16.6. The predicted octanol–water partition coefficient (Wildman–Crippen LogP) is 3.00. The Bertz CT molecular complexity index is 853. The van der Waals surface area contributed by atoms with Gasteiger partial charge in [-0.3, -0.25) is 4.68 Å². The summed E-state index contributed by atoms with van der Waals surface area (Å²) in [5, 5.41) is 7.93. The number of hydrogen-bond donors (Lipinski definition) is 1. The molecule has 1 saturated heterocycles. The van der Waals surface area contributed by atoms with Gasteiger partial charge in [-0.2, -0.15) is 5.10 Å². The van der Waals surface area contributed by atoms with E-state index in [1.54, 1.807) is 0 Å². The Kier molecular flexibility index (Phi) is 5.48. The summed E-state index contributed by atoms with van der Waals surface area (Å²) < 4.78 is 7.41. The first-order valence-corrected chi connectivity index (χ1v) is 10.0. The highest BCUT2D eigenvalue weighted by Gasteiger charge is 2.28. The number of benzene rings is 1. The van der Waals surface area contributed by atoms with Crippen molar-refractivity contribution in [2.75, 3.05) is 26.3 Å². The molecule has 0 radical (unpaired) electrons. The van der Waals surface area contributed by atoms with Crippen molar-refractivity contribution in [1.82, 2.24) is 20.0 Å². The van der Waals surface area contributed by atoms with Gasteiger partial charge in [-0.1, -0.05) is 42.5 Å². The van der Waals surface area contributed by atoms with Gasteiger partial charge in [-0.25, -0.2) is 4.79 Å². The molecule has 2 atom stereocenters. The summed E-state index contributed by atoms with van der Waals surface area (Å²) >= 11 is 0. The summed E-state index contributed by atoms with van der Waals surface area (Å²) in [6.07, 6.45) is 5.22. The molecular formula is C22H28N4O2. The average molecular weight is 380 g/mol. The quantitative estimate of drug-likeness (QED) is 0.830. The number of aromatic nitrogens is 2. The van der Waals surface area contributed by atoms with Gasteiger partial charge in [-0.05, 0) is 25.8 Å². The first kappa shape index (κ1) is 18.7. The van der Waals surface area contributed by atoms with E-state index in [9.17, 15) is 4.79 Å². The molecule has 28 heavy (non-hydrogen) atoms. The maximum absolute atomic E-state index is 12.4. The standard InChI is InChI=1S/C22H28N4O2/c1-16-21(17(2)26(24-16)15-18-6-4-3-5-7-18)19-8-9-20(14-19)23-22(27)25-10-12-28-13-11-25/h3-9,19-20H,10-15H2,1-2H3,(H,23,27). The Hall–Kier alpha value is -2.60. The molecule has 0 bridgehead atoms. The van der Waals surface area contributed by atoms with Gasteiger partial charge in [0.15, 0.2) is 0 Å². The third-order valence-electron chi connectivity index (χ3n) is 5.67. The highest BCUT2D eigenvalue weighted by molar-refractivity contribution is 5.75. The minimum atomic E-state index is 0.00631. The summed E-state index contributed by atoms with van der Waals surface area (Å²) in [7, 11) is 0. The van der Waals surface area contributed by atoms with E-state index in [-0.39, 0.29) is 12.1 Å². The van der Waals surface area contributed by atoms with Gasteiger partial charge >= 0.3 is 6.03 Å². The van der Waals surface area contributed by atoms with E-state index in [0.29, 0.717) is 32.2 Å². The van der Waals surface area contributed by atoms with Crippen molar-refractivity contribution in [2.45, 2.75) is 38.8 Å². The smallest absolute Gasteiger partial charge is 0.318 e. The van der Waals surface area contributed by atoms with Crippen molar-refractivity contribution < 1.29 is 9.53 Å². The lowest BCUT2D eigenvalue weighted by molar-refractivity contribution is 0.0528. The predicted molar refractivity (Wildman–Crippen MR) is 108 cm³/mol. The molecule has 2 heterocycles. The number of allylic oxidation sites excluding steroid dienone is 1. The van der Waals surface area contributed by atoms with E-state index in [1.165, 1.54) is 16.8 Å².